The molecule has 4 aromatic rings. The summed E-state index contributed by atoms with van der Waals surface area (Å²) in [7, 11) is 3.06. The molecule has 230 valence electrons. The molecule has 45 heavy (non-hydrogen) atoms. The lowest BCUT2D eigenvalue weighted by molar-refractivity contribution is -0.143. The smallest absolute Gasteiger partial charge is 0.338 e. The maximum absolute atomic E-state index is 14.2. The third-order valence-corrected chi connectivity index (χ3v) is 8.27. The number of hydrogen-bond acceptors (Lipinski definition) is 9. The monoisotopic (exact) mass is 643 g/mol. The Morgan fingerprint density at radius 2 is 1.82 bits per heavy atom. The van der Waals surface area contributed by atoms with E-state index in [1.165, 1.54) is 30.1 Å². The van der Waals surface area contributed by atoms with Gasteiger partial charge in [-0.15, -0.1) is 0 Å². The third-order valence-electron chi connectivity index (χ3n) is 7.05. The number of nitriles is 1. The van der Waals surface area contributed by atoms with Gasteiger partial charge in [0.15, 0.2) is 4.80 Å². The number of rotatable bonds is 9. The first-order chi connectivity index (χ1) is 21.6. The van der Waals surface area contributed by atoms with Crippen LogP contribution < -0.4 is 29.1 Å². The van der Waals surface area contributed by atoms with E-state index in [4.69, 9.17) is 35.8 Å². The van der Waals surface area contributed by atoms with Crippen LogP contribution in [0.15, 0.2) is 81.7 Å². The van der Waals surface area contributed by atoms with Gasteiger partial charge in [0, 0.05) is 16.1 Å². The first-order valence-corrected chi connectivity index (χ1v) is 15.2. The molecule has 1 aliphatic heterocycles. The zero-order valence-electron chi connectivity index (χ0n) is 25.3. The van der Waals surface area contributed by atoms with E-state index in [0.717, 1.165) is 5.56 Å². The average Bonchev–Trinajstić information content (AvgIpc) is 3.33. The normalized spacial score (nSPS) is 14.4. The van der Waals surface area contributed by atoms with Gasteiger partial charge in [0.25, 0.3) is 5.56 Å². The van der Waals surface area contributed by atoms with E-state index < -0.39 is 12.0 Å². The van der Waals surface area contributed by atoms with E-state index in [1.54, 1.807) is 75.4 Å². The number of nitrogens with zero attached hydrogens (tertiary/aromatic N) is 3. The first kappa shape index (κ1) is 31.6. The van der Waals surface area contributed by atoms with Crippen LogP contribution in [-0.4, -0.2) is 30.9 Å². The third kappa shape index (κ3) is 6.65. The van der Waals surface area contributed by atoms with E-state index in [1.807, 2.05) is 12.1 Å². The van der Waals surface area contributed by atoms with Gasteiger partial charge in [-0.25, -0.2) is 9.79 Å². The van der Waals surface area contributed by atoms with Crippen LogP contribution in [0.4, 0.5) is 0 Å². The highest BCUT2D eigenvalue weighted by molar-refractivity contribution is 7.07. The molecular weight excluding hydrogens is 614 g/mol. The van der Waals surface area contributed by atoms with Gasteiger partial charge in [-0.2, -0.15) is 5.26 Å². The standard InChI is InChI=1S/C34H30ClN3O6S/c1-19(2)44-33(40)30-20(3)37-34-38(31(30)26-16-25(41-4)11-13-28(26)42-5)32(39)29(45-34)15-23-14-24(35)10-12-27(23)43-18-22-8-6-21(17-36)7-9-22/h6-16,19,31H,18H2,1-5H3/b29-15-/t31-/m1/s1. The van der Waals surface area contributed by atoms with Gasteiger partial charge >= 0.3 is 5.97 Å². The lowest BCUT2D eigenvalue weighted by atomic mass is 9.94. The number of carbonyl (C=O) groups excluding carboxylic acids is 1. The molecule has 5 rings (SSSR count). The number of carbonyl (C=O) groups is 1. The van der Waals surface area contributed by atoms with Crippen molar-refractivity contribution in [2.24, 2.45) is 4.99 Å². The number of halogens is 1. The van der Waals surface area contributed by atoms with Crippen LogP contribution >= 0.6 is 22.9 Å². The predicted octanol–water partition coefficient (Wildman–Crippen LogP) is 5.31. The second kappa shape index (κ2) is 13.4. The summed E-state index contributed by atoms with van der Waals surface area (Å²) in [5, 5.41) is 9.54. The molecule has 9 nitrogen and oxygen atoms in total. The fraction of sp³-hybridized carbons (Fsp3) is 0.235. The maximum Gasteiger partial charge on any atom is 0.338 e. The Bertz CT molecular complexity index is 2020. The van der Waals surface area contributed by atoms with E-state index in [-0.39, 0.29) is 23.8 Å². The van der Waals surface area contributed by atoms with Crippen LogP contribution in [0.2, 0.25) is 5.02 Å². The van der Waals surface area contributed by atoms with Crippen LogP contribution in [0, 0.1) is 11.3 Å². The molecule has 1 aliphatic rings. The summed E-state index contributed by atoms with van der Waals surface area (Å²) in [6, 6.07) is 18.7. The first-order valence-electron chi connectivity index (χ1n) is 14.0. The van der Waals surface area contributed by atoms with Crippen molar-refractivity contribution in [3.63, 3.8) is 0 Å². The van der Waals surface area contributed by atoms with Gasteiger partial charge in [0.1, 0.15) is 29.9 Å². The van der Waals surface area contributed by atoms with Gasteiger partial charge in [-0.1, -0.05) is 35.1 Å². The summed E-state index contributed by atoms with van der Waals surface area (Å²) in [6.07, 6.45) is 1.32. The Morgan fingerprint density at radius 3 is 2.49 bits per heavy atom. The number of ether oxygens (including phenoxy) is 4. The number of thiazole rings is 1. The van der Waals surface area contributed by atoms with E-state index in [9.17, 15) is 9.59 Å². The lowest BCUT2D eigenvalue weighted by Crippen LogP contribution is -2.40. The Morgan fingerprint density at radius 1 is 1.09 bits per heavy atom. The summed E-state index contributed by atoms with van der Waals surface area (Å²) in [4.78, 5) is 32.8. The maximum atomic E-state index is 14.2. The SMILES string of the molecule is COc1ccc(OC)c([C@@H]2C(C(=O)OC(C)C)=C(C)N=c3s/c(=C\c4cc(Cl)ccc4OCc4ccc(C#N)cc4)c(=O)n32)c1. The van der Waals surface area contributed by atoms with Crippen molar-refractivity contribution in [2.45, 2.75) is 39.5 Å². The second-order valence-corrected chi connectivity index (χ2v) is 11.9. The molecule has 0 radical (unpaired) electrons. The summed E-state index contributed by atoms with van der Waals surface area (Å²) in [6.45, 7) is 5.48. The lowest BCUT2D eigenvalue weighted by Gasteiger charge is -2.26. The summed E-state index contributed by atoms with van der Waals surface area (Å²) in [5.74, 6) is 0.928. The quantitative estimate of drug-likeness (QED) is 0.227. The van der Waals surface area contributed by atoms with Crippen molar-refractivity contribution in [1.82, 2.24) is 4.57 Å². The Balaban J connectivity index is 1.65. The molecule has 0 saturated heterocycles. The molecule has 0 fully saturated rings. The zero-order chi connectivity index (χ0) is 32.2. The number of aromatic nitrogens is 1. The van der Waals surface area contributed by atoms with Crippen LogP contribution in [0.3, 0.4) is 0 Å². The van der Waals surface area contributed by atoms with Crippen molar-refractivity contribution in [3.05, 3.63) is 119 Å². The highest BCUT2D eigenvalue weighted by Crippen LogP contribution is 2.38. The molecule has 0 unspecified atom stereocenters. The molecule has 2 heterocycles. The number of hydrogen-bond donors (Lipinski definition) is 0. The molecular formula is C34H30ClN3O6S. The van der Waals surface area contributed by atoms with Crippen LogP contribution in [-0.2, 0) is 16.1 Å². The van der Waals surface area contributed by atoms with Crippen LogP contribution in [0.5, 0.6) is 17.2 Å². The summed E-state index contributed by atoms with van der Waals surface area (Å²) >= 11 is 7.55. The number of allylic oxidation sites excluding steroid dienone is 1. The molecule has 0 spiro atoms. The molecule has 11 heteroatoms. The Kier molecular flexibility index (Phi) is 9.42. The van der Waals surface area contributed by atoms with Gasteiger partial charge in [-0.05, 0) is 80.9 Å². The van der Waals surface area contributed by atoms with Gasteiger partial charge in [-0.3, -0.25) is 9.36 Å². The highest BCUT2D eigenvalue weighted by Gasteiger charge is 2.35. The van der Waals surface area contributed by atoms with Gasteiger partial charge in [0.2, 0.25) is 0 Å². The molecule has 0 bridgehead atoms. The van der Waals surface area contributed by atoms with Crippen molar-refractivity contribution in [1.29, 1.82) is 5.26 Å². The molecule has 1 aromatic heterocycles. The minimum absolute atomic E-state index is 0.225. The molecule has 0 N–H and O–H groups in total. The molecule has 0 amide bonds. The van der Waals surface area contributed by atoms with E-state index in [2.05, 4.69) is 11.1 Å². The molecule has 1 atom stereocenters. The minimum Gasteiger partial charge on any atom is -0.497 e. The topological polar surface area (TPSA) is 112 Å². The van der Waals surface area contributed by atoms with E-state index in [0.29, 0.717) is 54.0 Å². The minimum atomic E-state index is -0.897. The van der Waals surface area contributed by atoms with Crippen LogP contribution in [0.1, 0.15) is 49.1 Å². The predicted molar refractivity (Wildman–Crippen MR) is 171 cm³/mol. The highest BCUT2D eigenvalue weighted by atomic mass is 35.5. The fourth-order valence-corrected chi connectivity index (χ4v) is 6.17. The number of esters is 1. The average molecular weight is 644 g/mol. The van der Waals surface area contributed by atoms with Crippen LogP contribution in [0.25, 0.3) is 6.08 Å². The zero-order valence-corrected chi connectivity index (χ0v) is 26.9. The van der Waals surface area contributed by atoms with Crippen molar-refractivity contribution >= 4 is 35.0 Å². The molecule has 0 aliphatic carbocycles. The number of benzene rings is 3. The van der Waals surface area contributed by atoms with Crippen molar-refractivity contribution in [2.75, 3.05) is 14.2 Å². The second-order valence-electron chi connectivity index (χ2n) is 10.4. The largest absolute Gasteiger partial charge is 0.497 e. The Labute approximate surface area is 268 Å². The van der Waals surface area contributed by atoms with E-state index >= 15 is 0 Å². The number of methoxy groups -OCH3 is 2. The van der Waals surface area contributed by atoms with Crippen molar-refractivity contribution < 1.29 is 23.7 Å². The van der Waals surface area contributed by atoms with Crippen molar-refractivity contribution in [3.8, 4) is 23.3 Å². The number of fused-ring (bicyclic) bond motifs is 1. The fourth-order valence-electron chi connectivity index (χ4n) is 4.95. The molecule has 0 saturated carbocycles. The Hall–Kier alpha value is -4.85. The van der Waals surface area contributed by atoms with Gasteiger partial charge < -0.3 is 18.9 Å². The summed E-state index contributed by atoms with van der Waals surface area (Å²) in [5.41, 5.74) is 2.85. The summed E-state index contributed by atoms with van der Waals surface area (Å²) < 4.78 is 24.7. The molecule has 3 aromatic carbocycles. The van der Waals surface area contributed by atoms with Gasteiger partial charge in [0.05, 0.1) is 47.8 Å².